The van der Waals surface area contributed by atoms with Gasteiger partial charge in [0.2, 0.25) is 5.95 Å². The molecule has 0 fully saturated rings. The van der Waals surface area contributed by atoms with Gasteiger partial charge in [0.1, 0.15) is 6.54 Å². The van der Waals surface area contributed by atoms with Crippen molar-refractivity contribution in [3.05, 3.63) is 41.1 Å². The Kier molecular flexibility index (Phi) is 3.90. The average Bonchev–Trinajstić information content (AvgIpc) is 2.40. The third-order valence-electron chi connectivity index (χ3n) is 2.47. The van der Waals surface area contributed by atoms with Crippen LogP contribution < -0.4 is 4.90 Å². The maximum Gasteiger partial charge on any atom is 0.225 e. The van der Waals surface area contributed by atoms with Crippen LogP contribution in [0.25, 0.3) is 11.1 Å². The summed E-state index contributed by atoms with van der Waals surface area (Å²) >= 11 is 3.40. The SMILES string of the molecule is CN(CC#N)c1ncc(-c2ccc(Br)cc2)cn1. The molecule has 0 saturated carbocycles. The molecule has 0 unspecified atom stereocenters. The molecule has 0 N–H and O–H groups in total. The first kappa shape index (κ1) is 12.5. The molecule has 1 aromatic carbocycles. The first-order valence-electron chi connectivity index (χ1n) is 5.37. The Balaban J connectivity index is 2.22. The van der Waals surface area contributed by atoms with E-state index in [1.54, 1.807) is 24.3 Å². The summed E-state index contributed by atoms with van der Waals surface area (Å²) in [5, 5.41) is 8.60. The van der Waals surface area contributed by atoms with Crippen molar-refractivity contribution >= 4 is 21.9 Å². The molecule has 1 heterocycles. The average molecular weight is 303 g/mol. The number of nitriles is 1. The van der Waals surface area contributed by atoms with E-state index < -0.39 is 0 Å². The Morgan fingerprint density at radius 2 is 1.78 bits per heavy atom. The molecule has 1 aromatic heterocycles. The summed E-state index contributed by atoms with van der Waals surface area (Å²) in [6, 6.07) is 10.0. The van der Waals surface area contributed by atoms with E-state index in [9.17, 15) is 0 Å². The second-order valence-corrected chi connectivity index (χ2v) is 4.71. The topological polar surface area (TPSA) is 52.8 Å². The zero-order chi connectivity index (χ0) is 13.0. The number of benzene rings is 1. The molecule has 2 rings (SSSR count). The fourth-order valence-corrected chi connectivity index (χ4v) is 1.75. The van der Waals surface area contributed by atoms with Gasteiger partial charge in [-0.2, -0.15) is 5.26 Å². The minimum Gasteiger partial charge on any atom is -0.331 e. The van der Waals surface area contributed by atoms with Gasteiger partial charge in [0.05, 0.1) is 6.07 Å². The number of anilines is 1. The molecule has 4 nitrogen and oxygen atoms in total. The predicted molar refractivity (Wildman–Crippen MR) is 74.1 cm³/mol. The quantitative estimate of drug-likeness (QED) is 0.818. The summed E-state index contributed by atoms with van der Waals surface area (Å²) in [6.07, 6.45) is 3.53. The van der Waals surface area contributed by atoms with Gasteiger partial charge < -0.3 is 4.90 Å². The van der Waals surface area contributed by atoms with E-state index in [4.69, 9.17) is 5.26 Å². The Hall–Kier alpha value is -1.93. The molecule has 18 heavy (non-hydrogen) atoms. The molecular formula is C13H11BrN4. The Labute approximate surface area is 114 Å². The van der Waals surface area contributed by atoms with Crippen LogP contribution in [0.2, 0.25) is 0 Å². The third kappa shape index (κ3) is 2.84. The highest BCUT2D eigenvalue weighted by Crippen LogP contribution is 2.21. The van der Waals surface area contributed by atoms with Crippen LogP contribution in [0.1, 0.15) is 0 Å². The molecule has 0 aliphatic carbocycles. The van der Waals surface area contributed by atoms with E-state index in [-0.39, 0.29) is 6.54 Å². The molecule has 90 valence electrons. The van der Waals surface area contributed by atoms with Gasteiger partial charge in [0.25, 0.3) is 0 Å². The van der Waals surface area contributed by atoms with Crippen molar-refractivity contribution in [2.75, 3.05) is 18.5 Å². The highest BCUT2D eigenvalue weighted by atomic mass is 79.9. The van der Waals surface area contributed by atoms with E-state index in [1.165, 1.54) is 0 Å². The lowest BCUT2D eigenvalue weighted by Crippen LogP contribution is -2.19. The second-order valence-electron chi connectivity index (χ2n) is 3.79. The van der Waals surface area contributed by atoms with Crippen molar-refractivity contribution in [3.8, 4) is 17.2 Å². The van der Waals surface area contributed by atoms with Crippen molar-refractivity contribution in [3.63, 3.8) is 0 Å². The maximum absolute atomic E-state index is 8.60. The Morgan fingerprint density at radius 3 is 2.33 bits per heavy atom. The molecule has 5 heteroatoms. The predicted octanol–water partition coefficient (Wildman–Crippen LogP) is 2.87. The van der Waals surface area contributed by atoms with Crippen molar-refractivity contribution in [2.24, 2.45) is 0 Å². The summed E-state index contributed by atoms with van der Waals surface area (Å²) in [4.78, 5) is 10.2. The lowest BCUT2D eigenvalue weighted by Gasteiger charge is -2.12. The van der Waals surface area contributed by atoms with Crippen LogP contribution in [0.5, 0.6) is 0 Å². The Morgan fingerprint density at radius 1 is 1.17 bits per heavy atom. The molecule has 0 amide bonds. The molecule has 0 bridgehead atoms. The number of rotatable bonds is 3. The number of hydrogen-bond donors (Lipinski definition) is 0. The van der Waals surface area contributed by atoms with E-state index >= 15 is 0 Å². The van der Waals surface area contributed by atoms with Crippen LogP contribution in [0, 0.1) is 11.3 Å². The van der Waals surface area contributed by atoms with Crippen LogP contribution in [0.4, 0.5) is 5.95 Å². The number of hydrogen-bond acceptors (Lipinski definition) is 4. The number of nitrogens with zero attached hydrogens (tertiary/aromatic N) is 4. The van der Waals surface area contributed by atoms with Crippen molar-refractivity contribution < 1.29 is 0 Å². The maximum atomic E-state index is 8.60. The first-order chi connectivity index (χ1) is 8.70. The molecule has 0 spiro atoms. The van der Waals surface area contributed by atoms with Crippen LogP contribution >= 0.6 is 15.9 Å². The van der Waals surface area contributed by atoms with Gasteiger partial charge in [-0.25, -0.2) is 9.97 Å². The monoisotopic (exact) mass is 302 g/mol. The van der Waals surface area contributed by atoms with Gasteiger partial charge in [-0.1, -0.05) is 28.1 Å². The molecule has 2 aromatic rings. The zero-order valence-electron chi connectivity index (χ0n) is 9.84. The van der Waals surface area contributed by atoms with Crippen molar-refractivity contribution in [1.82, 2.24) is 9.97 Å². The smallest absolute Gasteiger partial charge is 0.225 e. The zero-order valence-corrected chi connectivity index (χ0v) is 11.4. The van der Waals surface area contributed by atoms with E-state index in [0.717, 1.165) is 15.6 Å². The third-order valence-corrected chi connectivity index (χ3v) is 2.99. The normalized spacial score (nSPS) is 9.83. The summed E-state index contributed by atoms with van der Waals surface area (Å²) in [7, 11) is 1.79. The molecule has 0 atom stereocenters. The lowest BCUT2D eigenvalue weighted by atomic mass is 10.1. The van der Waals surface area contributed by atoms with Gasteiger partial charge in [0, 0.05) is 29.5 Å². The Bertz CT molecular complexity index is 557. The van der Waals surface area contributed by atoms with Gasteiger partial charge in [-0.3, -0.25) is 0 Å². The highest BCUT2D eigenvalue weighted by Gasteiger charge is 2.04. The first-order valence-corrected chi connectivity index (χ1v) is 6.16. The fourth-order valence-electron chi connectivity index (χ4n) is 1.49. The highest BCUT2D eigenvalue weighted by molar-refractivity contribution is 9.10. The molecule has 0 radical (unpaired) electrons. The lowest BCUT2D eigenvalue weighted by molar-refractivity contribution is 0.947. The summed E-state index contributed by atoms with van der Waals surface area (Å²) < 4.78 is 1.04. The van der Waals surface area contributed by atoms with E-state index in [1.807, 2.05) is 24.3 Å². The van der Waals surface area contributed by atoms with E-state index in [2.05, 4.69) is 32.0 Å². The number of halogens is 1. The minimum absolute atomic E-state index is 0.275. The molecular weight excluding hydrogens is 292 g/mol. The van der Waals surface area contributed by atoms with Gasteiger partial charge in [-0.15, -0.1) is 0 Å². The van der Waals surface area contributed by atoms with Gasteiger partial charge in [0.15, 0.2) is 0 Å². The largest absolute Gasteiger partial charge is 0.331 e. The van der Waals surface area contributed by atoms with Crippen molar-refractivity contribution in [2.45, 2.75) is 0 Å². The minimum atomic E-state index is 0.275. The van der Waals surface area contributed by atoms with Crippen LogP contribution in [-0.2, 0) is 0 Å². The summed E-state index contributed by atoms with van der Waals surface area (Å²) in [5.74, 6) is 0.553. The number of aromatic nitrogens is 2. The molecule has 0 aliphatic heterocycles. The van der Waals surface area contributed by atoms with Gasteiger partial charge >= 0.3 is 0 Å². The second kappa shape index (κ2) is 5.61. The summed E-state index contributed by atoms with van der Waals surface area (Å²) in [5.41, 5.74) is 2.02. The standard InChI is InChI=1S/C13H11BrN4/c1-18(7-6-15)13-16-8-11(9-17-13)10-2-4-12(14)5-3-10/h2-5,8-9H,7H2,1H3. The van der Waals surface area contributed by atoms with E-state index in [0.29, 0.717) is 5.95 Å². The van der Waals surface area contributed by atoms with Crippen LogP contribution in [-0.4, -0.2) is 23.6 Å². The van der Waals surface area contributed by atoms with Crippen LogP contribution in [0.15, 0.2) is 41.1 Å². The summed E-state index contributed by atoms with van der Waals surface area (Å²) in [6.45, 7) is 0.275. The molecule has 0 saturated heterocycles. The van der Waals surface area contributed by atoms with Crippen molar-refractivity contribution in [1.29, 1.82) is 5.26 Å². The van der Waals surface area contributed by atoms with Gasteiger partial charge in [-0.05, 0) is 17.7 Å². The fraction of sp³-hybridized carbons (Fsp3) is 0.154. The van der Waals surface area contributed by atoms with Crippen LogP contribution in [0.3, 0.4) is 0 Å². The molecule has 0 aliphatic rings.